The van der Waals surface area contributed by atoms with Crippen LogP contribution in [0.25, 0.3) is 22.0 Å². The van der Waals surface area contributed by atoms with E-state index in [4.69, 9.17) is 0 Å². The van der Waals surface area contributed by atoms with E-state index in [9.17, 15) is 35.9 Å². The molecule has 2 aliphatic rings. The molecule has 1 saturated heterocycles. The lowest BCUT2D eigenvalue weighted by Crippen LogP contribution is -2.37. The van der Waals surface area contributed by atoms with E-state index < -0.39 is 40.4 Å². The van der Waals surface area contributed by atoms with Gasteiger partial charge in [0.05, 0.1) is 28.5 Å². The molecular formula is C28H22F7N5O2. The third kappa shape index (κ3) is 5.02. The van der Waals surface area contributed by atoms with Crippen molar-refractivity contribution in [3.05, 3.63) is 86.6 Å². The van der Waals surface area contributed by atoms with Crippen LogP contribution in [0.3, 0.4) is 0 Å². The molecule has 220 valence electrons. The maximum absolute atomic E-state index is 15.1. The molecule has 0 bridgehead atoms. The van der Waals surface area contributed by atoms with Crippen LogP contribution in [0, 0.1) is 17.7 Å². The summed E-state index contributed by atoms with van der Waals surface area (Å²) in [6.07, 6.45) is -4.55. The van der Waals surface area contributed by atoms with Gasteiger partial charge in [-0.3, -0.25) is 14.6 Å². The first-order valence-electron chi connectivity index (χ1n) is 13.1. The number of pyridine rings is 2. The number of aromatic nitrogens is 4. The van der Waals surface area contributed by atoms with E-state index >= 15 is 4.39 Å². The van der Waals surface area contributed by atoms with Gasteiger partial charge in [-0.1, -0.05) is 0 Å². The summed E-state index contributed by atoms with van der Waals surface area (Å²) in [6.45, 7) is 0.554. The van der Waals surface area contributed by atoms with E-state index in [0.29, 0.717) is 25.6 Å². The third-order valence-electron chi connectivity index (χ3n) is 8.05. The molecule has 1 aliphatic carbocycles. The lowest BCUT2D eigenvalue weighted by Gasteiger charge is -2.31. The summed E-state index contributed by atoms with van der Waals surface area (Å²) in [5.41, 5.74) is -4.08. The Labute approximate surface area is 232 Å². The molecule has 0 radical (unpaired) electrons. The molecule has 14 heteroatoms. The van der Waals surface area contributed by atoms with Gasteiger partial charge in [0.15, 0.2) is 0 Å². The van der Waals surface area contributed by atoms with Crippen LogP contribution in [0.15, 0.2) is 58.5 Å². The Morgan fingerprint density at radius 1 is 1.00 bits per heavy atom. The first-order chi connectivity index (χ1) is 19.8. The normalized spacial score (nSPS) is 20.3. The number of hydrogen-bond donors (Lipinski definition) is 1. The highest BCUT2D eigenvalue weighted by Crippen LogP contribution is 2.53. The fourth-order valence-corrected chi connectivity index (χ4v) is 5.99. The number of alkyl halides is 6. The quantitative estimate of drug-likeness (QED) is 0.293. The molecule has 4 heterocycles. The van der Waals surface area contributed by atoms with Crippen LogP contribution < -0.4 is 16.0 Å². The van der Waals surface area contributed by atoms with Gasteiger partial charge in [-0.15, -0.1) is 0 Å². The number of benzene rings is 1. The third-order valence-corrected chi connectivity index (χ3v) is 8.05. The van der Waals surface area contributed by atoms with Crippen LogP contribution in [-0.4, -0.2) is 32.3 Å². The number of H-pyrrole nitrogens is 1. The van der Waals surface area contributed by atoms with Gasteiger partial charge < -0.3 is 9.47 Å². The summed E-state index contributed by atoms with van der Waals surface area (Å²) in [5, 5.41) is 5.49. The molecule has 4 aromatic rings. The molecule has 1 saturated carbocycles. The van der Waals surface area contributed by atoms with Crippen LogP contribution in [0.5, 0.6) is 0 Å². The average molecular weight is 594 g/mol. The largest absolute Gasteiger partial charge is 0.423 e. The molecule has 3 aromatic heterocycles. The molecule has 0 unspecified atom stereocenters. The first kappa shape index (κ1) is 27.9. The number of fused-ring (bicyclic) bond motifs is 2. The van der Waals surface area contributed by atoms with Gasteiger partial charge in [0.25, 0.3) is 11.1 Å². The van der Waals surface area contributed by atoms with Crippen LogP contribution in [0.2, 0.25) is 0 Å². The van der Waals surface area contributed by atoms with E-state index in [-0.39, 0.29) is 52.1 Å². The smallest absolute Gasteiger partial charge is 0.366 e. The standard InChI is InChI=1S/C28H22F7N5O2/c29-19-10-15(20-4-3-17(11-36-20)27(30,31)32)8-14-5-7-39(26(42)23(14)19)6-1-2-21-18-9-16(18)13-40(21)22-12-37-38-25(41)24(22)28(33,34)35/h3-5,7-8,10-12,16,18,21H,1-2,6,9,13H2,(H,38,41)/t16-,18-,21-/m1/s1. The second-order valence-electron chi connectivity index (χ2n) is 10.6. The van der Waals surface area contributed by atoms with E-state index in [0.717, 1.165) is 30.8 Å². The number of halogens is 7. The summed E-state index contributed by atoms with van der Waals surface area (Å²) in [5.74, 6) is -0.456. The molecule has 1 aliphatic heterocycles. The molecule has 0 amide bonds. The molecule has 3 atom stereocenters. The zero-order valence-corrected chi connectivity index (χ0v) is 21.6. The predicted molar refractivity (Wildman–Crippen MR) is 138 cm³/mol. The number of nitrogens with one attached hydrogen (secondary N) is 1. The van der Waals surface area contributed by atoms with Crippen molar-refractivity contribution in [3.63, 3.8) is 0 Å². The van der Waals surface area contributed by atoms with Gasteiger partial charge in [0.2, 0.25) is 0 Å². The lowest BCUT2D eigenvalue weighted by atomic mass is 10.0. The van der Waals surface area contributed by atoms with Crippen molar-refractivity contribution in [2.24, 2.45) is 11.8 Å². The van der Waals surface area contributed by atoms with Gasteiger partial charge in [-0.25, -0.2) is 9.49 Å². The maximum Gasteiger partial charge on any atom is 0.423 e. The van der Waals surface area contributed by atoms with Crippen molar-refractivity contribution in [1.29, 1.82) is 0 Å². The number of aryl methyl sites for hydroxylation is 1. The van der Waals surface area contributed by atoms with E-state index in [1.807, 2.05) is 5.10 Å². The first-order valence-corrected chi connectivity index (χ1v) is 13.1. The maximum atomic E-state index is 15.1. The monoisotopic (exact) mass is 593 g/mol. The van der Waals surface area contributed by atoms with Crippen molar-refractivity contribution < 1.29 is 30.7 Å². The summed E-state index contributed by atoms with van der Waals surface area (Å²) in [7, 11) is 0. The predicted octanol–water partition coefficient (Wildman–Crippen LogP) is 5.63. The van der Waals surface area contributed by atoms with Gasteiger partial charge >= 0.3 is 12.4 Å². The fourth-order valence-electron chi connectivity index (χ4n) is 5.99. The number of nitrogens with zero attached hydrogens (tertiary/aromatic N) is 4. The number of rotatable bonds is 6. The topological polar surface area (TPSA) is 83.9 Å². The fraction of sp³-hybridized carbons (Fsp3) is 0.357. The Morgan fingerprint density at radius 2 is 1.79 bits per heavy atom. The van der Waals surface area contributed by atoms with Crippen LogP contribution >= 0.6 is 0 Å². The van der Waals surface area contributed by atoms with Crippen molar-refractivity contribution in [2.45, 2.75) is 44.2 Å². The van der Waals surface area contributed by atoms with Crippen molar-refractivity contribution >= 4 is 16.5 Å². The van der Waals surface area contributed by atoms with E-state index in [1.54, 1.807) is 4.90 Å². The Hall–Kier alpha value is -4.23. The summed E-state index contributed by atoms with van der Waals surface area (Å²) in [6, 6.07) is 5.72. The van der Waals surface area contributed by atoms with E-state index in [1.165, 1.54) is 22.9 Å². The lowest BCUT2D eigenvalue weighted by molar-refractivity contribution is -0.139. The summed E-state index contributed by atoms with van der Waals surface area (Å²) < 4.78 is 96.0. The van der Waals surface area contributed by atoms with Gasteiger partial charge in [-0.05, 0) is 66.8 Å². The summed E-state index contributed by atoms with van der Waals surface area (Å²) >= 11 is 0. The Bertz CT molecular complexity index is 1780. The highest BCUT2D eigenvalue weighted by Gasteiger charge is 2.53. The van der Waals surface area contributed by atoms with E-state index in [2.05, 4.69) is 10.1 Å². The van der Waals surface area contributed by atoms with Crippen molar-refractivity contribution in [2.75, 3.05) is 11.4 Å². The molecule has 1 aromatic carbocycles. The highest BCUT2D eigenvalue weighted by molar-refractivity contribution is 5.86. The van der Waals surface area contributed by atoms with Crippen LogP contribution in [0.1, 0.15) is 30.4 Å². The second-order valence-corrected chi connectivity index (χ2v) is 10.6. The van der Waals surface area contributed by atoms with Crippen LogP contribution in [-0.2, 0) is 18.9 Å². The zero-order valence-electron chi connectivity index (χ0n) is 21.6. The molecule has 6 rings (SSSR count). The Balaban J connectivity index is 1.21. The minimum absolute atomic E-state index is 0.108. The number of aromatic amines is 1. The van der Waals surface area contributed by atoms with Gasteiger partial charge in [0.1, 0.15) is 11.4 Å². The van der Waals surface area contributed by atoms with Crippen molar-refractivity contribution in [1.82, 2.24) is 19.7 Å². The zero-order chi connectivity index (χ0) is 30.0. The van der Waals surface area contributed by atoms with Crippen molar-refractivity contribution in [3.8, 4) is 11.3 Å². The molecule has 7 nitrogen and oxygen atoms in total. The molecule has 2 fully saturated rings. The number of anilines is 1. The Kier molecular flexibility index (Phi) is 6.61. The molecule has 1 N–H and O–H groups in total. The summed E-state index contributed by atoms with van der Waals surface area (Å²) in [4.78, 5) is 30.5. The Morgan fingerprint density at radius 3 is 2.48 bits per heavy atom. The second kappa shape index (κ2) is 9.95. The van der Waals surface area contributed by atoms with Gasteiger partial charge in [0, 0.05) is 37.1 Å². The molecule has 0 spiro atoms. The SMILES string of the molecule is O=c1[nH]ncc(N2C[C@H]3C[C@H]3[C@H]2CCCn2ccc3cc(-c4ccc(C(F)(F)F)cn4)cc(F)c3c2=O)c1C(F)(F)F. The highest BCUT2D eigenvalue weighted by atomic mass is 19.4. The average Bonchev–Trinajstić information content (AvgIpc) is 3.60. The molecule has 42 heavy (non-hydrogen) atoms. The number of hydrogen-bond acceptors (Lipinski definition) is 5. The number of piperidine rings is 1. The van der Waals surface area contributed by atoms with Crippen LogP contribution in [0.4, 0.5) is 36.4 Å². The molecular weight excluding hydrogens is 571 g/mol. The minimum Gasteiger partial charge on any atom is -0.366 e. The minimum atomic E-state index is -4.85. The van der Waals surface area contributed by atoms with Gasteiger partial charge in [-0.2, -0.15) is 31.4 Å².